The Balaban J connectivity index is 1.67. The number of hydrogen-bond donors (Lipinski definition) is 2. The van der Waals surface area contributed by atoms with Gasteiger partial charge in [-0.25, -0.2) is 4.79 Å². The molecule has 8 nitrogen and oxygen atoms in total. The zero-order valence-corrected chi connectivity index (χ0v) is 12.1. The van der Waals surface area contributed by atoms with Crippen LogP contribution < -0.4 is 5.32 Å². The fourth-order valence-corrected chi connectivity index (χ4v) is 2.64. The minimum atomic E-state index is -0.857. The van der Waals surface area contributed by atoms with Crippen molar-refractivity contribution in [3.63, 3.8) is 0 Å². The Morgan fingerprint density at radius 3 is 2.10 bits per heavy atom. The molecule has 2 fully saturated rings. The highest BCUT2D eigenvalue weighted by Crippen LogP contribution is 2.07. The Labute approximate surface area is 123 Å². The van der Waals surface area contributed by atoms with E-state index in [1.165, 1.54) is 0 Å². The third-order valence-electron chi connectivity index (χ3n) is 3.87. The van der Waals surface area contributed by atoms with Crippen LogP contribution in [0, 0.1) is 0 Å². The van der Waals surface area contributed by atoms with E-state index in [4.69, 9.17) is 5.11 Å². The summed E-state index contributed by atoms with van der Waals surface area (Å²) < 4.78 is 0. The molecular weight excluding hydrogens is 276 g/mol. The van der Waals surface area contributed by atoms with Gasteiger partial charge >= 0.3 is 12.0 Å². The van der Waals surface area contributed by atoms with Gasteiger partial charge in [0, 0.05) is 39.3 Å². The van der Waals surface area contributed by atoms with E-state index < -0.39 is 5.97 Å². The van der Waals surface area contributed by atoms with Crippen LogP contribution in [-0.2, 0) is 9.59 Å². The minimum absolute atomic E-state index is 0.00288. The van der Waals surface area contributed by atoms with Crippen LogP contribution in [0.5, 0.6) is 0 Å². The molecule has 0 unspecified atom stereocenters. The Morgan fingerprint density at radius 1 is 0.905 bits per heavy atom. The standard InChI is InChI=1S/C13H22N4O4/c18-11(16-3-1-2-4-16)9-14-13(21)17-7-5-15(6-8-17)10-12(19)20/h1-10H2,(H,14,21)(H,19,20). The highest BCUT2D eigenvalue weighted by Gasteiger charge is 2.23. The second-order valence-corrected chi connectivity index (χ2v) is 5.40. The van der Waals surface area contributed by atoms with E-state index in [1.54, 1.807) is 14.7 Å². The Kier molecular flexibility index (Phi) is 5.38. The van der Waals surface area contributed by atoms with Crippen molar-refractivity contribution in [2.75, 3.05) is 52.4 Å². The molecule has 0 aromatic rings. The number of aliphatic carboxylic acids is 1. The van der Waals surface area contributed by atoms with Gasteiger partial charge in [-0.15, -0.1) is 0 Å². The highest BCUT2D eigenvalue weighted by atomic mass is 16.4. The molecule has 21 heavy (non-hydrogen) atoms. The van der Waals surface area contributed by atoms with Crippen LogP contribution in [0.1, 0.15) is 12.8 Å². The van der Waals surface area contributed by atoms with Crippen LogP contribution >= 0.6 is 0 Å². The lowest BCUT2D eigenvalue weighted by atomic mass is 10.3. The smallest absolute Gasteiger partial charge is 0.317 e. The van der Waals surface area contributed by atoms with Gasteiger partial charge in [-0.2, -0.15) is 0 Å². The summed E-state index contributed by atoms with van der Waals surface area (Å²) in [6, 6.07) is -0.252. The lowest BCUT2D eigenvalue weighted by molar-refractivity contribution is -0.138. The molecule has 0 aromatic heterocycles. The lowest BCUT2D eigenvalue weighted by Gasteiger charge is -2.33. The van der Waals surface area contributed by atoms with E-state index in [1.807, 2.05) is 0 Å². The van der Waals surface area contributed by atoms with Gasteiger partial charge < -0.3 is 20.2 Å². The van der Waals surface area contributed by atoms with Crippen LogP contribution in [-0.4, -0.2) is 90.1 Å². The van der Waals surface area contributed by atoms with Gasteiger partial charge in [0.1, 0.15) is 0 Å². The number of rotatable bonds is 4. The summed E-state index contributed by atoms with van der Waals surface area (Å²) in [5.74, 6) is -0.894. The molecule has 2 aliphatic rings. The number of carboxylic acids is 1. The molecule has 0 aromatic carbocycles. The summed E-state index contributed by atoms with van der Waals surface area (Å²) in [6.45, 7) is 3.65. The molecular formula is C13H22N4O4. The molecule has 0 spiro atoms. The zero-order chi connectivity index (χ0) is 15.2. The predicted molar refractivity (Wildman–Crippen MR) is 74.9 cm³/mol. The number of urea groups is 1. The summed E-state index contributed by atoms with van der Waals surface area (Å²) in [7, 11) is 0. The van der Waals surface area contributed by atoms with Gasteiger partial charge in [-0.3, -0.25) is 14.5 Å². The van der Waals surface area contributed by atoms with Gasteiger partial charge in [0.2, 0.25) is 5.91 Å². The first-order valence-corrected chi connectivity index (χ1v) is 7.31. The second kappa shape index (κ2) is 7.26. The highest BCUT2D eigenvalue weighted by molar-refractivity contribution is 5.84. The summed E-state index contributed by atoms with van der Waals surface area (Å²) >= 11 is 0. The first-order valence-electron chi connectivity index (χ1n) is 7.31. The van der Waals surface area contributed by atoms with E-state index in [0.29, 0.717) is 26.2 Å². The minimum Gasteiger partial charge on any atom is -0.480 e. The van der Waals surface area contributed by atoms with Crippen LogP contribution in [0.25, 0.3) is 0 Å². The van der Waals surface area contributed by atoms with Gasteiger partial charge in [-0.1, -0.05) is 0 Å². The van der Waals surface area contributed by atoms with Crippen LogP contribution in [0.15, 0.2) is 0 Å². The summed E-state index contributed by atoms with van der Waals surface area (Å²) in [5.41, 5.74) is 0. The molecule has 0 radical (unpaired) electrons. The zero-order valence-electron chi connectivity index (χ0n) is 12.1. The second-order valence-electron chi connectivity index (χ2n) is 5.40. The number of nitrogens with one attached hydrogen (secondary N) is 1. The molecule has 3 amide bonds. The molecule has 2 saturated heterocycles. The fourth-order valence-electron chi connectivity index (χ4n) is 2.64. The summed E-state index contributed by atoms with van der Waals surface area (Å²) in [6.07, 6.45) is 2.07. The number of amides is 3. The molecule has 2 heterocycles. The van der Waals surface area contributed by atoms with Crippen molar-refractivity contribution in [1.82, 2.24) is 20.0 Å². The van der Waals surface area contributed by atoms with Crippen molar-refractivity contribution in [3.8, 4) is 0 Å². The predicted octanol–water partition coefficient (Wildman–Crippen LogP) is -0.979. The van der Waals surface area contributed by atoms with Crippen LogP contribution in [0.2, 0.25) is 0 Å². The molecule has 8 heteroatoms. The number of carboxylic acid groups (broad SMARTS) is 1. The third-order valence-corrected chi connectivity index (χ3v) is 3.87. The maximum absolute atomic E-state index is 12.0. The molecule has 2 rings (SSSR count). The largest absolute Gasteiger partial charge is 0.480 e. The SMILES string of the molecule is O=C(O)CN1CCN(C(=O)NCC(=O)N2CCCC2)CC1. The van der Waals surface area contributed by atoms with Crippen molar-refractivity contribution in [3.05, 3.63) is 0 Å². The molecule has 2 aliphatic heterocycles. The third kappa shape index (κ3) is 4.59. The fraction of sp³-hybridized carbons (Fsp3) is 0.769. The molecule has 2 N–H and O–H groups in total. The quantitative estimate of drug-likeness (QED) is 0.696. The van der Waals surface area contributed by atoms with Gasteiger partial charge in [0.25, 0.3) is 0 Å². The summed E-state index contributed by atoms with van der Waals surface area (Å²) in [4.78, 5) is 39.6. The molecule has 0 atom stereocenters. The average molecular weight is 298 g/mol. The lowest BCUT2D eigenvalue weighted by Crippen LogP contribution is -2.53. The van der Waals surface area contributed by atoms with Gasteiger partial charge in [0.05, 0.1) is 13.1 Å². The number of nitrogens with zero attached hydrogens (tertiary/aromatic N) is 3. The van der Waals surface area contributed by atoms with Crippen molar-refractivity contribution >= 4 is 17.9 Å². The summed E-state index contributed by atoms with van der Waals surface area (Å²) in [5, 5.41) is 11.4. The van der Waals surface area contributed by atoms with E-state index in [-0.39, 0.29) is 25.0 Å². The normalized spacial score (nSPS) is 19.6. The molecule has 0 saturated carbocycles. The Hall–Kier alpha value is -1.83. The van der Waals surface area contributed by atoms with E-state index >= 15 is 0 Å². The van der Waals surface area contributed by atoms with Gasteiger partial charge in [0.15, 0.2) is 0 Å². The van der Waals surface area contributed by atoms with Crippen molar-refractivity contribution in [2.24, 2.45) is 0 Å². The average Bonchev–Trinajstić information content (AvgIpc) is 2.99. The number of carbonyl (C=O) groups is 3. The van der Waals surface area contributed by atoms with Crippen molar-refractivity contribution in [2.45, 2.75) is 12.8 Å². The Bertz CT molecular complexity index is 401. The number of likely N-dealkylation sites (tertiary alicyclic amines) is 1. The Morgan fingerprint density at radius 2 is 1.52 bits per heavy atom. The van der Waals surface area contributed by atoms with Crippen LogP contribution in [0.3, 0.4) is 0 Å². The maximum atomic E-state index is 12.0. The van der Waals surface area contributed by atoms with Crippen molar-refractivity contribution in [1.29, 1.82) is 0 Å². The monoisotopic (exact) mass is 298 g/mol. The first kappa shape index (κ1) is 15.6. The van der Waals surface area contributed by atoms with E-state index in [2.05, 4.69) is 5.32 Å². The topological polar surface area (TPSA) is 93.2 Å². The molecule has 0 bridgehead atoms. The number of carbonyl (C=O) groups excluding carboxylic acids is 2. The van der Waals surface area contributed by atoms with Crippen LogP contribution in [0.4, 0.5) is 4.79 Å². The van der Waals surface area contributed by atoms with Gasteiger partial charge in [-0.05, 0) is 12.8 Å². The molecule has 118 valence electrons. The number of hydrogen-bond acceptors (Lipinski definition) is 4. The molecule has 0 aliphatic carbocycles. The van der Waals surface area contributed by atoms with Crippen molar-refractivity contribution < 1.29 is 19.5 Å². The van der Waals surface area contributed by atoms with E-state index in [0.717, 1.165) is 25.9 Å². The first-order chi connectivity index (χ1) is 10.1. The number of piperazine rings is 1. The maximum Gasteiger partial charge on any atom is 0.317 e. The van der Waals surface area contributed by atoms with E-state index in [9.17, 15) is 14.4 Å².